The lowest BCUT2D eigenvalue weighted by atomic mass is 10.3. The molecule has 0 aliphatic rings. The molecule has 8 heteroatoms. The van der Waals surface area contributed by atoms with Crippen LogP contribution < -0.4 is 10.6 Å². The zero-order valence-corrected chi connectivity index (χ0v) is 15.7. The van der Waals surface area contributed by atoms with Gasteiger partial charge in [0.2, 0.25) is 0 Å². The molecular weight excluding hydrogens is 348 g/mol. The lowest BCUT2D eigenvalue weighted by molar-refractivity contribution is 0.421. The largest absolute Gasteiger partial charge is 0.357 e. The summed E-state index contributed by atoms with van der Waals surface area (Å²) < 4.78 is 5.27. The van der Waals surface area contributed by atoms with Crippen LogP contribution in [0.1, 0.15) is 22.5 Å². The van der Waals surface area contributed by atoms with Gasteiger partial charge >= 0.3 is 0 Å². The van der Waals surface area contributed by atoms with Gasteiger partial charge in [0.1, 0.15) is 5.69 Å². The number of guanidine groups is 1. The maximum atomic E-state index is 5.27. The Kier molecular flexibility index (Phi) is 6.32. The highest BCUT2D eigenvalue weighted by molar-refractivity contribution is 7.11. The maximum Gasteiger partial charge on any atom is 0.276 e. The van der Waals surface area contributed by atoms with E-state index < -0.39 is 0 Å². The van der Waals surface area contributed by atoms with E-state index in [1.807, 2.05) is 25.1 Å². The van der Waals surface area contributed by atoms with Gasteiger partial charge in [-0.2, -0.15) is 4.98 Å². The molecule has 0 unspecified atom stereocenters. The first kappa shape index (κ1) is 18.1. The van der Waals surface area contributed by atoms with Crippen molar-refractivity contribution < 1.29 is 4.52 Å². The molecule has 0 bridgehead atoms. The summed E-state index contributed by atoms with van der Waals surface area (Å²) in [5, 5.41) is 10.6. The molecule has 0 radical (unpaired) electrons. The topological polar surface area (TPSA) is 88.2 Å². The second-order valence-corrected chi connectivity index (χ2v) is 6.99. The summed E-state index contributed by atoms with van der Waals surface area (Å²) in [4.78, 5) is 15.8. The minimum absolute atomic E-state index is 0.439. The van der Waals surface area contributed by atoms with Crippen LogP contribution in [0.5, 0.6) is 0 Å². The van der Waals surface area contributed by atoms with Crippen LogP contribution in [0.25, 0.3) is 11.6 Å². The van der Waals surface area contributed by atoms with E-state index in [0.717, 1.165) is 12.5 Å². The van der Waals surface area contributed by atoms with Crippen LogP contribution in [0.15, 0.2) is 46.0 Å². The number of aromatic nitrogens is 3. The minimum Gasteiger partial charge on any atom is -0.357 e. The number of thiophene rings is 1. The fourth-order valence-corrected chi connectivity index (χ4v) is 3.13. The molecule has 3 aromatic heterocycles. The standard InChI is InChI=1S/C18H22N6OS/c1-3-19-18(22-12-14-8-7-13(2)26-14)21-11-9-16-23-17(25-24-16)15-6-4-5-10-20-15/h4-8,10H,3,9,11-12H2,1-2H3,(H2,19,21,22). The number of nitrogens with zero attached hydrogens (tertiary/aromatic N) is 4. The average molecular weight is 370 g/mol. The van der Waals surface area contributed by atoms with Crippen molar-refractivity contribution in [1.29, 1.82) is 0 Å². The van der Waals surface area contributed by atoms with E-state index >= 15 is 0 Å². The zero-order valence-electron chi connectivity index (χ0n) is 14.9. The fourth-order valence-electron chi connectivity index (χ4n) is 2.31. The van der Waals surface area contributed by atoms with Crippen LogP contribution in [-0.4, -0.2) is 34.2 Å². The highest BCUT2D eigenvalue weighted by atomic mass is 32.1. The molecule has 0 fully saturated rings. The van der Waals surface area contributed by atoms with E-state index in [0.29, 0.717) is 36.9 Å². The van der Waals surface area contributed by atoms with Crippen molar-refractivity contribution in [3.05, 3.63) is 52.1 Å². The molecule has 0 aliphatic heterocycles. The second kappa shape index (κ2) is 9.10. The molecule has 7 nitrogen and oxygen atoms in total. The predicted molar refractivity (Wildman–Crippen MR) is 103 cm³/mol. The number of hydrogen-bond acceptors (Lipinski definition) is 6. The summed E-state index contributed by atoms with van der Waals surface area (Å²) in [7, 11) is 0. The van der Waals surface area contributed by atoms with Gasteiger partial charge < -0.3 is 15.2 Å². The first-order valence-corrected chi connectivity index (χ1v) is 9.37. The third-order valence-electron chi connectivity index (χ3n) is 3.53. The Bertz CT molecular complexity index is 842. The predicted octanol–water partition coefficient (Wildman–Crippen LogP) is 2.80. The molecule has 0 spiro atoms. The summed E-state index contributed by atoms with van der Waals surface area (Å²) in [6.45, 7) is 6.29. The SMILES string of the molecule is CCNC(=NCc1ccc(C)s1)NCCc1noc(-c2ccccn2)n1. The van der Waals surface area contributed by atoms with Crippen LogP contribution in [0.3, 0.4) is 0 Å². The molecule has 136 valence electrons. The Morgan fingerprint density at radius 1 is 1.23 bits per heavy atom. The van der Waals surface area contributed by atoms with Crippen molar-refractivity contribution in [2.24, 2.45) is 4.99 Å². The summed E-state index contributed by atoms with van der Waals surface area (Å²) in [5.74, 6) is 1.86. The molecule has 0 atom stereocenters. The number of pyridine rings is 1. The van der Waals surface area contributed by atoms with Crippen LogP contribution in [-0.2, 0) is 13.0 Å². The number of hydrogen-bond donors (Lipinski definition) is 2. The maximum absolute atomic E-state index is 5.27. The van der Waals surface area contributed by atoms with Crippen LogP contribution in [0.4, 0.5) is 0 Å². The van der Waals surface area contributed by atoms with Gasteiger partial charge in [-0.3, -0.25) is 4.98 Å². The summed E-state index contributed by atoms with van der Waals surface area (Å²) >= 11 is 1.77. The highest BCUT2D eigenvalue weighted by Crippen LogP contribution is 2.15. The van der Waals surface area contributed by atoms with Crippen molar-refractivity contribution in [3.63, 3.8) is 0 Å². The summed E-state index contributed by atoms with van der Waals surface area (Å²) in [5.41, 5.74) is 0.681. The Morgan fingerprint density at radius 3 is 2.88 bits per heavy atom. The van der Waals surface area contributed by atoms with Crippen molar-refractivity contribution in [1.82, 2.24) is 25.8 Å². The Hall–Kier alpha value is -2.74. The fraction of sp³-hybridized carbons (Fsp3) is 0.333. The Balaban J connectivity index is 1.52. The Morgan fingerprint density at radius 2 is 2.15 bits per heavy atom. The van der Waals surface area contributed by atoms with Gasteiger partial charge in [-0.1, -0.05) is 11.2 Å². The minimum atomic E-state index is 0.439. The number of rotatable bonds is 7. The second-order valence-electron chi connectivity index (χ2n) is 5.62. The van der Waals surface area contributed by atoms with Crippen LogP contribution >= 0.6 is 11.3 Å². The number of aliphatic imine (C=N–C) groups is 1. The van der Waals surface area contributed by atoms with Crippen molar-refractivity contribution in [3.8, 4) is 11.6 Å². The average Bonchev–Trinajstić information content (AvgIpc) is 3.29. The first-order chi connectivity index (χ1) is 12.7. The van der Waals surface area contributed by atoms with Crippen LogP contribution in [0.2, 0.25) is 0 Å². The van der Waals surface area contributed by atoms with Gasteiger partial charge in [0.05, 0.1) is 6.54 Å². The third kappa shape index (κ3) is 5.13. The number of aryl methyl sites for hydroxylation is 1. The van der Waals surface area contributed by atoms with E-state index in [4.69, 9.17) is 4.52 Å². The van der Waals surface area contributed by atoms with E-state index in [9.17, 15) is 0 Å². The van der Waals surface area contributed by atoms with Gasteiger partial charge in [-0.25, -0.2) is 4.99 Å². The molecule has 0 saturated heterocycles. The lowest BCUT2D eigenvalue weighted by Crippen LogP contribution is -2.38. The van der Waals surface area contributed by atoms with Gasteiger partial charge in [-0.05, 0) is 38.1 Å². The molecule has 0 amide bonds. The molecule has 26 heavy (non-hydrogen) atoms. The summed E-state index contributed by atoms with van der Waals surface area (Å²) in [6, 6.07) is 9.82. The van der Waals surface area contributed by atoms with E-state index in [-0.39, 0.29) is 0 Å². The lowest BCUT2D eigenvalue weighted by Gasteiger charge is -2.09. The Labute approximate surface area is 156 Å². The van der Waals surface area contributed by atoms with Gasteiger partial charge in [-0.15, -0.1) is 11.3 Å². The quantitative estimate of drug-likeness (QED) is 0.491. The molecule has 0 aromatic carbocycles. The van der Waals surface area contributed by atoms with E-state index in [1.165, 1.54) is 9.75 Å². The first-order valence-electron chi connectivity index (χ1n) is 8.56. The molecule has 3 aromatic rings. The molecule has 3 heterocycles. The summed E-state index contributed by atoms with van der Waals surface area (Å²) in [6.07, 6.45) is 2.34. The van der Waals surface area contributed by atoms with Crippen molar-refractivity contribution in [2.75, 3.05) is 13.1 Å². The smallest absolute Gasteiger partial charge is 0.276 e. The van der Waals surface area contributed by atoms with Crippen molar-refractivity contribution in [2.45, 2.75) is 26.8 Å². The third-order valence-corrected chi connectivity index (χ3v) is 4.51. The van der Waals surface area contributed by atoms with Crippen molar-refractivity contribution >= 4 is 17.3 Å². The monoisotopic (exact) mass is 370 g/mol. The van der Waals surface area contributed by atoms with Crippen LogP contribution in [0, 0.1) is 6.92 Å². The molecule has 0 aliphatic carbocycles. The van der Waals surface area contributed by atoms with E-state index in [2.05, 4.69) is 49.8 Å². The van der Waals surface area contributed by atoms with Gasteiger partial charge in [0.25, 0.3) is 5.89 Å². The van der Waals surface area contributed by atoms with Gasteiger partial charge in [0.15, 0.2) is 11.8 Å². The highest BCUT2D eigenvalue weighted by Gasteiger charge is 2.09. The normalized spacial score (nSPS) is 11.5. The molecule has 2 N–H and O–H groups in total. The molecule has 3 rings (SSSR count). The van der Waals surface area contributed by atoms with E-state index in [1.54, 1.807) is 17.5 Å². The van der Waals surface area contributed by atoms with Gasteiger partial charge in [0, 0.05) is 35.5 Å². The molecule has 0 saturated carbocycles. The number of nitrogens with one attached hydrogen (secondary N) is 2. The molecular formula is C18H22N6OS. The zero-order chi connectivity index (χ0) is 18.2.